The van der Waals surface area contributed by atoms with Gasteiger partial charge >= 0.3 is 0 Å². The Balaban J connectivity index is 2.34. The Morgan fingerprint density at radius 1 is 1.30 bits per heavy atom. The summed E-state index contributed by atoms with van der Waals surface area (Å²) in [6, 6.07) is 7.39. The number of anilines is 3. The van der Waals surface area contributed by atoms with Crippen LogP contribution < -0.4 is 15.4 Å². The number of nitrogens with zero attached hydrogens (tertiary/aromatic N) is 3. The van der Waals surface area contributed by atoms with Crippen molar-refractivity contribution in [2.75, 3.05) is 24.3 Å². The van der Waals surface area contributed by atoms with E-state index in [1.807, 2.05) is 6.92 Å². The molecule has 0 bridgehead atoms. The van der Waals surface area contributed by atoms with Gasteiger partial charge in [0.25, 0.3) is 0 Å². The summed E-state index contributed by atoms with van der Waals surface area (Å²) in [6.45, 7) is 2.74. The van der Waals surface area contributed by atoms with Crippen LogP contribution in [0.2, 0.25) is 0 Å². The van der Waals surface area contributed by atoms with Crippen molar-refractivity contribution in [1.29, 1.82) is 5.26 Å². The zero-order valence-electron chi connectivity index (χ0n) is 11.3. The SMILES string of the molecule is CCNc1cncc(Nc2c(C#N)cccc2OC)n1. The number of ether oxygens (including phenoxy) is 1. The van der Waals surface area contributed by atoms with E-state index in [1.165, 1.54) is 0 Å². The molecule has 0 saturated carbocycles. The zero-order valence-corrected chi connectivity index (χ0v) is 11.3. The first kappa shape index (κ1) is 13.6. The molecule has 2 N–H and O–H groups in total. The molecule has 2 rings (SSSR count). The van der Waals surface area contributed by atoms with Crippen LogP contribution in [0.25, 0.3) is 0 Å². The smallest absolute Gasteiger partial charge is 0.151 e. The minimum absolute atomic E-state index is 0.486. The molecule has 1 aromatic carbocycles. The number of methoxy groups -OCH3 is 1. The molecule has 20 heavy (non-hydrogen) atoms. The molecule has 1 heterocycles. The summed E-state index contributed by atoms with van der Waals surface area (Å²) in [5, 5.41) is 15.3. The van der Waals surface area contributed by atoms with Gasteiger partial charge in [-0.25, -0.2) is 4.98 Å². The Morgan fingerprint density at radius 3 is 2.80 bits per heavy atom. The molecule has 0 amide bonds. The highest BCUT2D eigenvalue weighted by Gasteiger charge is 2.10. The van der Waals surface area contributed by atoms with Gasteiger partial charge in [-0.3, -0.25) is 4.98 Å². The van der Waals surface area contributed by atoms with E-state index in [9.17, 15) is 0 Å². The van der Waals surface area contributed by atoms with Crippen LogP contribution >= 0.6 is 0 Å². The van der Waals surface area contributed by atoms with Crippen LogP contribution in [0.3, 0.4) is 0 Å². The summed E-state index contributed by atoms with van der Waals surface area (Å²) in [5.41, 5.74) is 1.07. The van der Waals surface area contributed by atoms with Gasteiger partial charge in [0.2, 0.25) is 0 Å². The first-order chi connectivity index (χ1) is 9.78. The van der Waals surface area contributed by atoms with Crippen LogP contribution in [0, 0.1) is 11.3 Å². The monoisotopic (exact) mass is 269 g/mol. The maximum absolute atomic E-state index is 9.16. The van der Waals surface area contributed by atoms with Crippen LogP contribution in [0.5, 0.6) is 5.75 Å². The van der Waals surface area contributed by atoms with Gasteiger partial charge in [0, 0.05) is 6.54 Å². The van der Waals surface area contributed by atoms with Gasteiger partial charge in [0.15, 0.2) is 5.82 Å². The minimum Gasteiger partial charge on any atom is -0.495 e. The van der Waals surface area contributed by atoms with Crippen molar-refractivity contribution in [3.8, 4) is 11.8 Å². The number of hydrogen-bond donors (Lipinski definition) is 2. The van der Waals surface area contributed by atoms with E-state index in [-0.39, 0.29) is 0 Å². The Morgan fingerprint density at radius 2 is 2.10 bits per heavy atom. The predicted molar refractivity (Wildman–Crippen MR) is 77.2 cm³/mol. The highest BCUT2D eigenvalue weighted by atomic mass is 16.5. The highest BCUT2D eigenvalue weighted by Crippen LogP contribution is 2.30. The molecule has 0 saturated heterocycles. The molecule has 0 aliphatic carbocycles. The summed E-state index contributed by atoms with van der Waals surface area (Å²) in [4.78, 5) is 8.46. The first-order valence-electron chi connectivity index (χ1n) is 6.18. The molecule has 0 aliphatic heterocycles. The number of benzene rings is 1. The van der Waals surface area contributed by atoms with E-state index >= 15 is 0 Å². The highest BCUT2D eigenvalue weighted by molar-refractivity contribution is 5.71. The molecule has 0 spiro atoms. The average molecular weight is 269 g/mol. The summed E-state index contributed by atoms with van der Waals surface area (Å²) in [6.07, 6.45) is 3.23. The van der Waals surface area contributed by atoms with Crippen molar-refractivity contribution in [2.24, 2.45) is 0 Å². The van der Waals surface area contributed by atoms with Crippen molar-refractivity contribution in [3.05, 3.63) is 36.2 Å². The predicted octanol–water partition coefficient (Wildman–Crippen LogP) is 2.53. The third kappa shape index (κ3) is 2.95. The lowest BCUT2D eigenvalue weighted by Crippen LogP contribution is -2.04. The van der Waals surface area contributed by atoms with Gasteiger partial charge in [-0.2, -0.15) is 5.26 Å². The van der Waals surface area contributed by atoms with Crippen LogP contribution in [0.1, 0.15) is 12.5 Å². The van der Waals surface area contributed by atoms with E-state index in [0.29, 0.717) is 28.6 Å². The maximum atomic E-state index is 9.16. The molecular formula is C14H15N5O. The fourth-order valence-electron chi connectivity index (χ4n) is 1.74. The van der Waals surface area contributed by atoms with Crippen LogP contribution in [0.4, 0.5) is 17.3 Å². The molecule has 102 valence electrons. The normalized spacial score (nSPS) is 9.65. The fourth-order valence-corrected chi connectivity index (χ4v) is 1.74. The van der Waals surface area contributed by atoms with Crippen molar-refractivity contribution >= 4 is 17.3 Å². The van der Waals surface area contributed by atoms with Crippen molar-refractivity contribution < 1.29 is 4.74 Å². The molecule has 0 radical (unpaired) electrons. The van der Waals surface area contributed by atoms with Crippen LogP contribution in [-0.2, 0) is 0 Å². The van der Waals surface area contributed by atoms with Crippen LogP contribution in [0.15, 0.2) is 30.6 Å². The molecule has 6 nitrogen and oxygen atoms in total. The Kier molecular flexibility index (Phi) is 4.35. The third-order valence-corrected chi connectivity index (χ3v) is 2.61. The number of nitriles is 1. The molecule has 0 atom stereocenters. The Bertz CT molecular complexity index is 636. The largest absolute Gasteiger partial charge is 0.495 e. The van der Waals surface area contributed by atoms with E-state index in [2.05, 4.69) is 26.7 Å². The average Bonchev–Trinajstić information content (AvgIpc) is 2.48. The van der Waals surface area contributed by atoms with Crippen molar-refractivity contribution in [2.45, 2.75) is 6.92 Å². The standard InChI is InChI=1S/C14H15N5O/c1-3-17-12-8-16-9-13(18-12)19-14-10(7-15)5-4-6-11(14)20-2/h4-6,8-9H,3H2,1-2H3,(H2,17,18,19). The van der Waals surface area contributed by atoms with Crippen LogP contribution in [-0.4, -0.2) is 23.6 Å². The lowest BCUT2D eigenvalue weighted by molar-refractivity contribution is 0.416. The first-order valence-corrected chi connectivity index (χ1v) is 6.18. The van der Waals surface area contributed by atoms with Gasteiger partial charge in [-0.1, -0.05) is 6.07 Å². The van der Waals surface area contributed by atoms with Crippen molar-refractivity contribution in [3.63, 3.8) is 0 Å². The second kappa shape index (κ2) is 6.38. The lowest BCUT2D eigenvalue weighted by Gasteiger charge is -2.12. The molecule has 0 unspecified atom stereocenters. The fraction of sp³-hybridized carbons (Fsp3) is 0.214. The molecule has 6 heteroatoms. The van der Waals surface area contributed by atoms with Gasteiger partial charge in [-0.15, -0.1) is 0 Å². The van der Waals surface area contributed by atoms with Gasteiger partial charge in [0.1, 0.15) is 23.3 Å². The number of nitrogens with one attached hydrogen (secondary N) is 2. The minimum atomic E-state index is 0.486. The van der Waals surface area contributed by atoms with E-state index in [1.54, 1.807) is 37.7 Å². The van der Waals surface area contributed by atoms with E-state index in [0.717, 1.165) is 6.54 Å². The summed E-state index contributed by atoms with van der Waals surface area (Å²) < 4.78 is 5.26. The molecule has 1 aromatic heterocycles. The Hall–Kier alpha value is -2.81. The van der Waals surface area contributed by atoms with E-state index < -0.39 is 0 Å². The number of rotatable bonds is 5. The topological polar surface area (TPSA) is 82.9 Å². The zero-order chi connectivity index (χ0) is 14.4. The number of hydrogen-bond acceptors (Lipinski definition) is 6. The Labute approximate surface area is 117 Å². The molecular weight excluding hydrogens is 254 g/mol. The summed E-state index contributed by atoms with van der Waals surface area (Å²) in [7, 11) is 1.56. The lowest BCUT2D eigenvalue weighted by atomic mass is 10.2. The second-order valence-corrected chi connectivity index (χ2v) is 3.94. The van der Waals surface area contributed by atoms with Crippen molar-refractivity contribution in [1.82, 2.24) is 9.97 Å². The third-order valence-electron chi connectivity index (χ3n) is 2.61. The number of aromatic nitrogens is 2. The summed E-state index contributed by atoms with van der Waals surface area (Å²) in [5.74, 6) is 1.80. The van der Waals surface area contributed by atoms with Gasteiger partial charge < -0.3 is 15.4 Å². The second-order valence-electron chi connectivity index (χ2n) is 3.94. The molecule has 2 aromatic rings. The maximum Gasteiger partial charge on any atom is 0.151 e. The quantitative estimate of drug-likeness (QED) is 0.867. The number of para-hydroxylation sites is 1. The summed E-state index contributed by atoms with van der Waals surface area (Å²) >= 11 is 0. The van der Waals surface area contributed by atoms with Gasteiger partial charge in [0.05, 0.1) is 25.1 Å². The molecule has 0 aliphatic rings. The molecule has 0 fully saturated rings. The van der Waals surface area contributed by atoms with Gasteiger partial charge in [-0.05, 0) is 19.1 Å². The van der Waals surface area contributed by atoms with E-state index in [4.69, 9.17) is 10.00 Å².